The number of aryl methyl sites for hydroxylation is 1. The lowest BCUT2D eigenvalue weighted by Crippen LogP contribution is -2.19. The molecule has 0 fully saturated rings. The summed E-state index contributed by atoms with van der Waals surface area (Å²) in [7, 11) is 0. The molecule has 2 aromatic heterocycles. The number of hydrogen-bond acceptors (Lipinski definition) is 6. The molecule has 9 nitrogen and oxygen atoms in total. The molecule has 4 N–H and O–H groups in total. The second kappa shape index (κ2) is 7.16. The highest BCUT2D eigenvalue weighted by atomic mass is 16.7. The van der Waals surface area contributed by atoms with Gasteiger partial charge in [-0.2, -0.15) is 0 Å². The van der Waals surface area contributed by atoms with Gasteiger partial charge < -0.3 is 30.4 Å². The maximum Gasteiger partial charge on any atom is 0.323 e. The summed E-state index contributed by atoms with van der Waals surface area (Å²) >= 11 is 0. The van der Waals surface area contributed by atoms with Crippen LogP contribution in [0.15, 0.2) is 48.8 Å². The number of aromatic nitrogens is 3. The van der Waals surface area contributed by atoms with Crippen molar-refractivity contribution in [1.82, 2.24) is 14.5 Å². The smallest absolute Gasteiger partial charge is 0.323 e. The Kier molecular flexibility index (Phi) is 4.14. The zero-order valence-corrected chi connectivity index (χ0v) is 17.1. The van der Waals surface area contributed by atoms with Crippen LogP contribution in [0, 0.1) is 0 Å². The first-order valence-corrected chi connectivity index (χ1v) is 10.4. The molecule has 2 aromatic carbocycles. The Labute approximate surface area is 183 Å². The predicted molar refractivity (Wildman–Crippen MR) is 121 cm³/mol. The molecule has 6 rings (SSSR count). The second-order valence-corrected chi connectivity index (χ2v) is 7.76. The van der Waals surface area contributed by atoms with E-state index in [9.17, 15) is 4.79 Å². The first kappa shape index (κ1) is 18.5. The Bertz CT molecular complexity index is 1360. The average Bonchev–Trinajstić information content (AvgIpc) is 3.50. The van der Waals surface area contributed by atoms with Crippen molar-refractivity contribution >= 4 is 34.3 Å². The highest BCUT2D eigenvalue weighted by molar-refractivity contribution is 6.00. The van der Waals surface area contributed by atoms with Gasteiger partial charge >= 0.3 is 6.03 Å². The summed E-state index contributed by atoms with van der Waals surface area (Å²) in [5.74, 6) is 1.75. The second-order valence-electron chi connectivity index (χ2n) is 7.76. The topological polar surface area (TPSA) is 116 Å². The van der Waals surface area contributed by atoms with Crippen LogP contribution in [0.2, 0.25) is 0 Å². The minimum Gasteiger partial charge on any atom is -0.454 e. The fourth-order valence-corrected chi connectivity index (χ4v) is 4.44. The molecule has 0 radical (unpaired) electrons. The third-order valence-corrected chi connectivity index (χ3v) is 5.83. The van der Waals surface area contributed by atoms with Crippen LogP contribution in [0.25, 0.3) is 16.7 Å². The number of nitrogens with zero attached hydrogens (tertiary/aromatic N) is 3. The average molecular weight is 428 g/mol. The number of nitrogens with two attached hydrogens (primary N) is 1. The van der Waals surface area contributed by atoms with E-state index in [1.54, 1.807) is 18.2 Å². The van der Waals surface area contributed by atoms with Crippen LogP contribution in [0.4, 0.5) is 22.0 Å². The number of ether oxygens (including phenoxy) is 2. The summed E-state index contributed by atoms with van der Waals surface area (Å²) in [4.78, 5) is 21.1. The van der Waals surface area contributed by atoms with Crippen LogP contribution >= 0.6 is 0 Å². The molecule has 9 heteroatoms. The molecule has 160 valence electrons. The summed E-state index contributed by atoms with van der Waals surface area (Å²) < 4.78 is 12.8. The Balaban J connectivity index is 1.24. The van der Waals surface area contributed by atoms with Gasteiger partial charge in [0.25, 0.3) is 0 Å². The van der Waals surface area contributed by atoms with E-state index in [-0.39, 0.29) is 12.8 Å². The Hall–Kier alpha value is -4.27. The number of amides is 2. The summed E-state index contributed by atoms with van der Waals surface area (Å²) in [6.45, 7) is 0.189. The van der Waals surface area contributed by atoms with Gasteiger partial charge in [0.05, 0.1) is 5.52 Å². The number of rotatable bonds is 3. The molecule has 2 aliphatic rings. The molecule has 0 saturated carbocycles. The Morgan fingerprint density at radius 1 is 0.969 bits per heavy atom. The minimum atomic E-state index is -0.346. The van der Waals surface area contributed by atoms with Gasteiger partial charge in [0.15, 0.2) is 17.3 Å². The van der Waals surface area contributed by atoms with Crippen LogP contribution in [0.3, 0.4) is 0 Å². The van der Waals surface area contributed by atoms with Crippen molar-refractivity contribution in [3.63, 3.8) is 0 Å². The van der Waals surface area contributed by atoms with Gasteiger partial charge in [0.2, 0.25) is 6.79 Å². The van der Waals surface area contributed by atoms with E-state index in [2.05, 4.69) is 25.2 Å². The van der Waals surface area contributed by atoms with Gasteiger partial charge in [-0.15, -0.1) is 0 Å². The lowest BCUT2D eigenvalue weighted by Gasteiger charge is -2.12. The molecule has 0 saturated heterocycles. The van der Waals surface area contributed by atoms with Crippen molar-refractivity contribution in [2.75, 3.05) is 23.2 Å². The zero-order chi connectivity index (χ0) is 21.7. The van der Waals surface area contributed by atoms with Crippen molar-refractivity contribution in [1.29, 1.82) is 0 Å². The number of hydrogen-bond donors (Lipinski definition) is 3. The van der Waals surface area contributed by atoms with E-state index in [0.29, 0.717) is 28.7 Å². The molecule has 4 aromatic rings. The largest absolute Gasteiger partial charge is 0.454 e. The van der Waals surface area contributed by atoms with Crippen molar-refractivity contribution in [2.45, 2.75) is 19.3 Å². The molecule has 1 aliphatic heterocycles. The van der Waals surface area contributed by atoms with E-state index in [0.717, 1.165) is 36.0 Å². The number of fused-ring (bicyclic) bond motifs is 4. The molecule has 0 atom stereocenters. The number of nitrogen functional groups attached to an aromatic ring is 1. The molecule has 0 bridgehead atoms. The molecular formula is C23H20N6O3. The first-order chi connectivity index (χ1) is 15.7. The highest BCUT2D eigenvalue weighted by Crippen LogP contribution is 2.36. The maximum atomic E-state index is 12.4. The van der Waals surface area contributed by atoms with E-state index in [1.807, 2.05) is 24.3 Å². The van der Waals surface area contributed by atoms with E-state index >= 15 is 0 Å². The van der Waals surface area contributed by atoms with Gasteiger partial charge in [-0.1, -0.05) is 0 Å². The van der Waals surface area contributed by atoms with E-state index in [4.69, 9.17) is 15.2 Å². The quantitative estimate of drug-likeness (QED) is 0.456. The van der Waals surface area contributed by atoms with E-state index < -0.39 is 0 Å². The molecule has 1 aliphatic carbocycles. The number of urea groups is 1. The summed E-state index contributed by atoms with van der Waals surface area (Å²) in [5.41, 5.74) is 12.7. The number of nitrogens with one attached hydrogen (secondary N) is 2. The summed E-state index contributed by atoms with van der Waals surface area (Å²) in [6.07, 6.45) is 4.59. The van der Waals surface area contributed by atoms with Crippen molar-refractivity contribution in [3.05, 3.63) is 60.0 Å². The van der Waals surface area contributed by atoms with Crippen molar-refractivity contribution in [2.24, 2.45) is 0 Å². The van der Waals surface area contributed by atoms with E-state index in [1.165, 1.54) is 17.6 Å². The molecular weight excluding hydrogens is 408 g/mol. The van der Waals surface area contributed by atoms with Crippen LogP contribution in [0.5, 0.6) is 11.5 Å². The van der Waals surface area contributed by atoms with Gasteiger partial charge in [-0.3, -0.25) is 0 Å². The van der Waals surface area contributed by atoms with Crippen LogP contribution in [0.1, 0.15) is 17.7 Å². The number of carbonyl (C=O) groups is 1. The molecule has 32 heavy (non-hydrogen) atoms. The SMILES string of the molecule is Nc1ncnc2c3c(n(-c4ccc(NC(=O)Nc5ccc6c(c5)OCO6)cc4)c12)CCC3. The highest BCUT2D eigenvalue weighted by Gasteiger charge is 2.25. The zero-order valence-electron chi connectivity index (χ0n) is 17.1. The monoisotopic (exact) mass is 428 g/mol. The van der Waals surface area contributed by atoms with Crippen molar-refractivity contribution in [3.8, 4) is 17.2 Å². The third-order valence-electron chi connectivity index (χ3n) is 5.83. The molecule has 2 amide bonds. The predicted octanol–water partition coefficient (Wildman–Crippen LogP) is 3.86. The van der Waals surface area contributed by atoms with Crippen LogP contribution in [-0.4, -0.2) is 27.4 Å². The Morgan fingerprint density at radius 3 is 2.62 bits per heavy atom. The molecule has 0 unspecified atom stereocenters. The fourth-order valence-electron chi connectivity index (χ4n) is 4.44. The number of benzene rings is 2. The number of anilines is 3. The first-order valence-electron chi connectivity index (χ1n) is 10.4. The fraction of sp³-hybridized carbons (Fsp3) is 0.174. The summed E-state index contributed by atoms with van der Waals surface area (Å²) in [6, 6.07) is 12.6. The lowest BCUT2D eigenvalue weighted by molar-refractivity contribution is 0.174. The maximum absolute atomic E-state index is 12.4. The van der Waals surface area contributed by atoms with Gasteiger partial charge in [0.1, 0.15) is 11.8 Å². The minimum absolute atomic E-state index is 0.189. The van der Waals surface area contributed by atoms with Crippen molar-refractivity contribution < 1.29 is 14.3 Å². The summed E-state index contributed by atoms with van der Waals surface area (Å²) in [5, 5.41) is 5.65. The van der Waals surface area contributed by atoms with Gasteiger partial charge in [-0.05, 0) is 61.2 Å². The Morgan fingerprint density at radius 2 is 1.75 bits per heavy atom. The van der Waals surface area contributed by atoms with Crippen LogP contribution in [-0.2, 0) is 12.8 Å². The van der Waals surface area contributed by atoms with Gasteiger partial charge in [-0.25, -0.2) is 14.8 Å². The van der Waals surface area contributed by atoms with Crippen LogP contribution < -0.4 is 25.8 Å². The normalized spacial score (nSPS) is 13.9. The van der Waals surface area contributed by atoms with Gasteiger partial charge in [0, 0.05) is 28.8 Å². The molecule has 0 spiro atoms. The molecule has 3 heterocycles. The number of carbonyl (C=O) groups excluding carboxylic acids is 1. The lowest BCUT2D eigenvalue weighted by atomic mass is 10.2. The third kappa shape index (κ3) is 2.97. The standard InChI is InChI=1S/C23H20N6O3/c24-22-21-20(25-11-26-22)16-2-1-3-17(16)29(21)15-7-4-13(5-8-15)27-23(30)28-14-6-9-18-19(10-14)32-12-31-18/h4-11H,1-3,12H2,(H2,24,25,26)(H2,27,28,30).